The van der Waals surface area contributed by atoms with Crippen LogP contribution < -0.4 is 4.74 Å². The minimum absolute atomic E-state index is 0.208. The number of aromatic amines is 1. The topological polar surface area (TPSA) is 79.2 Å². The number of ether oxygens (including phenoxy) is 1. The Hall–Kier alpha value is -2.64. The molecule has 7 heteroatoms. The van der Waals surface area contributed by atoms with Crippen LogP contribution in [0.4, 0.5) is 0 Å². The summed E-state index contributed by atoms with van der Waals surface area (Å²) in [5.74, 6) is 2.16. The van der Waals surface area contributed by atoms with Gasteiger partial charge in [0.2, 0.25) is 0 Å². The maximum absolute atomic E-state index is 11.8. The van der Waals surface area contributed by atoms with Crippen LogP contribution in [0.2, 0.25) is 0 Å². The number of nitrogens with one attached hydrogen (secondary N) is 1. The minimum atomic E-state index is -0.825. The van der Waals surface area contributed by atoms with Crippen LogP contribution in [0.1, 0.15) is 53.2 Å². The van der Waals surface area contributed by atoms with Gasteiger partial charge in [-0.1, -0.05) is 18.6 Å². The van der Waals surface area contributed by atoms with Gasteiger partial charge in [0.1, 0.15) is 17.2 Å². The number of nitrogens with zero attached hydrogens (tertiary/aromatic N) is 4. The third-order valence-corrected chi connectivity index (χ3v) is 7.89. The first-order valence-electron chi connectivity index (χ1n) is 12.0. The van der Waals surface area contributed by atoms with Crippen molar-refractivity contribution < 1.29 is 9.84 Å². The third-order valence-electron chi connectivity index (χ3n) is 7.89. The number of fused-ring (bicyclic) bond motifs is 2. The van der Waals surface area contributed by atoms with Crippen molar-refractivity contribution in [2.45, 2.75) is 51.7 Å². The summed E-state index contributed by atoms with van der Waals surface area (Å²) >= 11 is 0. The normalized spacial score (nSPS) is 25.4. The van der Waals surface area contributed by atoms with E-state index in [2.05, 4.69) is 45.2 Å². The van der Waals surface area contributed by atoms with Gasteiger partial charge in [-0.2, -0.15) is 5.10 Å². The van der Waals surface area contributed by atoms with E-state index in [0.29, 0.717) is 0 Å². The van der Waals surface area contributed by atoms with Crippen LogP contribution in [0.5, 0.6) is 5.75 Å². The Balaban J connectivity index is 1.37. The van der Waals surface area contributed by atoms with Gasteiger partial charge < -0.3 is 14.4 Å². The smallest absolute Gasteiger partial charge is 0.141 e. The lowest BCUT2D eigenvalue weighted by atomic mass is 9.65. The number of aromatic nitrogens is 4. The largest absolute Gasteiger partial charge is 0.496 e. The molecule has 1 aliphatic heterocycles. The summed E-state index contributed by atoms with van der Waals surface area (Å²) in [5, 5.41) is 19.3. The van der Waals surface area contributed by atoms with Gasteiger partial charge in [0.05, 0.1) is 12.8 Å². The van der Waals surface area contributed by atoms with Crippen molar-refractivity contribution in [3.05, 3.63) is 64.5 Å². The molecule has 33 heavy (non-hydrogen) atoms. The number of benzene rings is 1. The number of H-pyrrole nitrogens is 1. The number of likely N-dealkylation sites (tertiary alicyclic amines) is 1. The van der Waals surface area contributed by atoms with Gasteiger partial charge in [0, 0.05) is 68.6 Å². The number of piperidine rings is 1. The molecule has 1 saturated heterocycles. The molecule has 2 N–H and O–H groups in total. The molecule has 2 bridgehead atoms. The van der Waals surface area contributed by atoms with Crippen molar-refractivity contribution in [3.8, 4) is 5.75 Å². The molecule has 1 aliphatic carbocycles. The van der Waals surface area contributed by atoms with Crippen LogP contribution in [0.3, 0.4) is 0 Å². The Morgan fingerprint density at radius 1 is 1.21 bits per heavy atom. The zero-order valence-electron chi connectivity index (χ0n) is 20.1. The predicted octanol–water partition coefficient (Wildman–Crippen LogP) is 3.48. The molecule has 1 saturated carbocycles. The van der Waals surface area contributed by atoms with Crippen molar-refractivity contribution in [1.29, 1.82) is 0 Å². The average molecular weight is 450 g/mol. The predicted molar refractivity (Wildman–Crippen MR) is 127 cm³/mol. The van der Waals surface area contributed by atoms with Crippen LogP contribution in [0, 0.1) is 25.7 Å². The van der Waals surface area contributed by atoms with Crippen molar-refractivity contribution in [2.24, 2.45) is 18.9 Å². The van der Waals surface area contributed by atoms with Crippen molar-refractivity contribution >= 4 is 0 Å². The lowest BCUT2D eigenvalue weighted by Crippen LogP contribution is -2.58. The molecule has 3 heterocycles. The zero-order valence-corrected chi connectivity index (χ0v) is 20.1. The highest BCUT2D eigenvalue weighted by Gasteiger charge is 2.53. The number of imidazole rings is 1. The molecule has 176 valence electrons. The van der Waals surface area contributed by atoms with E-state index < -0.39 is 5.60 Å². The Labute approximate surface area is 195 Å². The summed E-state index contributed by atoms with van der Waals surface area (Å²) < 4.78 is 7.67. The fourth-order valence-electron chi connectivity index (χ4n) is 6.14. The highest BCUT2D eigenvalue weighted by molar-refractivity contribution is 5.42. The molecular weight excluding hydrogens is 414 g/mol. The van der Waals surface area contributed by atoms with Crippen LogP contribution in [0.25, 0.3) is 0 Å². The van der Waals surface area contributed by atoms with Gasteiger partial charge in [-0.25, -0.2) is 4.98 Å². The quantitative estimate of drug-likeness (QED) is 0.602. The Morgan fingerprint density at radius 2 is 1.97 bits per heavy atom. The fourth-order valence-corrected chi connectivity index (χ4v) is 6.14. The van der Waals surface area contributed by atoms with Gasteiger partial charge in [-0.15, -0.1) is 0 Å². The van der Waals surface area contributed by atoms with E-state index in [-0.39, 0.29) is 11.8 Å². The number of hydrogen-bond donors (Lipinski definition) is 2. The highest BCUT2D eigenvalue weighted by Crippen LogP contribution is 2.48. The van der Waals surface area contributed by atoms with Crippen LogP contribution in [-0.2, 0) is 25.6 Å². The second-order valence-electron chi connectivity index (χ2n) is 9.94. The molecule has 0 radical (unpaired) electrons. The minimum Gasteiger partial charge on any atom is -0.496 e. The highest BCUT2D eigenvalue weighted by atomic mass is 16.5. The van der Waals surface area contributed by atoms with Crippen LogP contribution in [0.15, 0.2) is 30.6 Å². The molecule has 0 amide bonds. The third kappa shape index (κ3) is 3.87. The van der Waals surface area contributed by atoms with Gasteiger partial charge in [0.15, 0.2) is 0 Å². The van der Waals surface area contributed by atoms with Gasteiger partial charge in [-0.3, -0.25) is 10.00 Å². The first-order chi connectivity index (χ1) is 15.9. The van der Waals surface area contributed by atoms with E-state index in [0.717, 1.165) is 61.9 Å². The molecule has 0 spiro atoms. The molecule has 2 fully saturated rings. The van der Waals surface area contributed by atoms with E-state index in [4.69, 9.17) is 4.74 Å². The van der Waals surface area contributed by atoms with Crippen LogP contribution in [-0.4, -0.2) is 50.0 Å². The zero-order chi connectivity index (χ0) is 23.2. The molecule has 5 rings (SSSR count). The molecular formula is C26H35N5O2. The number of rotatable bonds is 6. The van der Waals surface area contributed by atoms with Crippen LogP contribution >= 0.6 is 0 Å². The van der Waals surface area contributed by atoms with Gasteiger partial charge >= 0.3 is 0 Å². The van der Waals surface area contributed by atoms with Crippen molar-refractivity contribution in [3.63, 3.8) is 0 Å². The van der Waals surface area contributed by atoms with E-state index in [9.17, 15) is 5.11 Å². The summed E-state index contributed by atoms with van der Waals surface area (Å²) in [6, 6.07) is 6.54. The molecule has 2 aromatic heterocycles. The number of methoxy groups -OCH3 is 1. The number of aryl methyl sites for hydroxylation is 3. The number of aliphatic hydroxyl groups is 1. The van der Waals surface area contributed by atoms with E-state index in [1.807, 2.05) is 24.7 Å². The molecule has 1 aromatic carbocycles. The van der Waals surface area contributed by atoms with Crippen molar-refractivity contribution in [1.82, 2.24) is 24.6 Å². The lowest BCUT2D eigenvalue weighted by molar-refractivity contribution is -0.155. The maximum Gasteiger partial charge on any atom is 0.141 e. The van der Waals surface area contributed by atoms with E-state index >= 15 is 0 Å². The maximum atomic E-state index is 11.8. The summed E-state index contributed by atoms with van der Waals surface area (Å²) in [6.45, 7) is 6.78. The second-order valence-corrected chi connectivity index (χ2v) is 9.94. The molecule has 3 aromatic rings. The molecule has 2 atom stereocenters. The summed E-state index contributed by atoms with van der Waals surface area (Å²) in [5.41, 5.74) is 5.02. The number of hydrogen-bond acceptors (Lipinski definition) is 5. The van der Waals surface area contributed by atoms with E-state index in [1.165, 1.54) is 23.1 Å². The lowest BCUT2D eigenvalue weighted by Gasteiger charge is -2.52. The Morgan fingerprint density at radius 3 is 2.58 bits per heavy atom. The van der Waals surface area contributed by atoms with Crippen molar-refractivity contribution in [2.75, 3.05) is 20.2 Å². The first-order valence-corrected chi connectivity index (χ1v) is 12.0. The fraction of sp³-hybridized carbons (Fsp3) is 0.538. The Kier molecular flexibility index (Phi) is 5.79. The average Bonchev–Trinajstić information content (AvgIpc) is 3.35. The summed E-state index contributed by atoms with van der Waals surface area (Å²) in [7, 11) is 3.72. The second kappa shape index (κ2) is 8.61. The Bertz CT molecular complexity index is 1100. The summed E-state index contributed by atoms with van der Waals surface area (Å²) in [6.07, 6.45) is 7.82. The standard InChI is InChI=1S/C26H35N5O2/c1-17-23(18(2)29-28-17)13-20-12-19(8-9-24(20)33-4)14-31-15-21-6-5-7-22(16-31)26(21,32)25-27-10-11-30(25)3/h8-12,21-22,32H,5-7,13-16H2,1-4H3,(H,28,29). The molecule has 7 nitrogen and oxygen atoms in total. The monoisotopic (exact) mass is 449 g/mol. The SMILES string of the molecule is COc1ccc(CN2CC3CCCC(C2)C3(O)c2nccn2C)cc1Cc1c(C)n[nH]c1C. The molecule has 2 unspecified atom stereocenters. The van der Waals surface area contributed by atoms with Gasteiger partial charge in [0.25, 0.3) is 0 Å². The van der Waals surface area contributed by atoms with E-state index in [1.54, 1.807) is 13.3 Å². The summed E-state index contributed by atoms with van der Waals surface area (Å²) in [4.78, 5) is 7.08. The first kappa shape index (κ1) is 22.2. The van der Waals surface area contributed by atoms with Gasteiger partial charge in [-0.05, 0) is 43.9 Å². The molecule has 2 aliphatic rings.